The Bertz CT molecular complexity index is 1540. The fourth-order valence-corrected chi connectivity index (χ4v) is 5.20. The molecule has 0 saturated heterocycles. The van der Waals surface area contributed by atoms with E-state index in [4.69, 9.17) is 11.6 Å². The van der Waals surface area contributed by atoms with Crippen molar-refractivity contribution in [3.8, 4) is 11.1 Å². The highest BCUT2D eigenvalue weighted by Gasteiger charge is 2.25. The second-order valence-electron chi connectivity index (χ2n) is 9.11. The fourth-order valence-electron chi connectivity index (χ4n) is 5.01. The lowest BCUT2D eigenvalue weighted by molar-refractivity contribution is 0.0753. The molecule has 5 nitrogen and oxygen atoms in total. The molecule has 1 aliphatic heterocycles. The first kappa shape index (κ1) is 22.4. The number of amides is 1. The van der Waals surface area contributed by atoms with Gasteiger partial charge in [0.25, 0.3) is 5.91 Å². The molecule has 0 spiro atoms. The van der Waals surface area contributed by atoms with Crippen molar-refractivity contribution in [3.05, 3.63) is 119 Å². The van der Waals surface area contributed by atoms with Gasteiger partial charge in [-0.2, -0.15) is 0 Å². The molecule has 0 unspecified atom stereocenters. The number of imidazole rings is 1. The van der Waals surface area contributed by atoms with Gasteiger partial charge in [-0.05, 0) is 57.8 Å². The molecule has 0 fully saturated rings. The normalized spacial score (nSPS) is 13.5. The van der Waals surface area contributed by atoms with E-state index < -0.39 is 0 Å². The summed E-state index contributed by atoms with van der Waals surface area (Å²) in [5, 5.41) is 2.76. The van der Waals surface area contributed by atoms with Crippen molar-refractivity contribution in [1.29, 1.82) is 0 Å². The number of halogens is 1. The van der Waals surface area contributed by atoms with E-state index >= 15 is 0 Å². The van der Waals surface area contributed by atoms with Crippen LogP contribution in [0.4, 0.5) is 5.69 Å². The van der Waals surface area contributed by atoms with Crippen LogP contribution >= 0.6 is 11.6 Å². The monoisotopic (exact) mass is 492 g/mol. The van der Waals surface area contributed by atoms with E-state index in [0.29, 0.717) is 24.7 Å². The highest BCUT2D eigenvalue weighted by Crippen LogP contribution is 2.33. The van der Waals surface area contributed by atoms with Crippen LogP contribution in [-0.2, 0) is 13.1 Å². The van der Waals surface area contributed by atoms with Gasteiger partial charge in [0.2, 0.25) is 0 Å². The zero-order valence-electron chi connectivity index (χ0n) is 19.7. The Balaban J connectivity index is 1.40. The van der Waals surface area contributed by atoms with Crippen LogP contribution in [-0.4, -0.2) is 33.9 Å². The number of carbonyl (C=O) groups excluding carboxylic acids is 1. The van der Waals surface area contributed by atoms with Crippen molar-refractivity contribution >= 4 is 34.0 Å². The van der Waals surface area contributed by atoms with E-state index in [0.717, 1.165) is 51.0 Å². The van der Waals surface area contributed by atoms with Crippen LogP contribution in [0.15, 0.2) is 97.5 Å². The zero-order chi connectivity index (χ0) is 24.5. The first-order valence-electron chi connectivity index (χ1n) is 12.0. The molecular formula is C30H25ClN4O. The second kappa shape index (κ2) is 9.51. The first-order valence-corrected chi connectivity index (χ1v) is 12.4. The number of H-pyrrole nitrogens is 1. The smallest absolute Gasteiger partial charge is 0.254 e. The summed E-state index contributed by atoms with van der Waals surface area (Å²) in [6.45, 7) is 2.57. The number of hydrogen-bond acceptors (Lipinski definition) is 3. The van der Waals surface area contributed by atoms with Gasteiger partial charge in [0.05, 0.1) is 18.6 Å². The summed E-state index contributed by atoms with van der Waals surface area (Å²) in [5.74, 6) is 0.0503. The minimum absolute atomic E-state index is 0.0503. The summed E-state index contributed by atoms with van der Waals surface area (Å²) in [7, 11) is 0. The second-order valence-corrected chi connectivity index (χ2v) is 9.54. The molecule has 0 bridgehead atoms. The Hall–Kier alpha value is -4.09. The van der Waals surface area contributed by atoms with Crippen molar-refractivity contribution in [2.24, 2.45) is 0 Å². The molecule has 0 atom stereocenters. The molecule has 1 aromatic heterocycles. The Morgan fingerprint density at radius 2 is 1.75 bits per heavy atom. The standard InChI is InChI=1S/C30H25ClN4O/c31-25-8-3-7-22(16-25)23-11-12-29-24(15-23)18-35(14-13-34(29)19-26-17-32-20-33-26)30(36)28-10-4-6-21-5-1-2-9-27(21)28/h1-12,15-17,20H,13-14,18-19H2,(H,32,33). The van der Waals surface area contributed by atoms with E-state index in [-0.39, 0.29) is 5.91 Å². The number of fused-ring (bicyclic) bond motifs is 2. The maximum atomic E-state index is 13.9. The Morgan fingerprint density at radius 3 is 2.61 bits per heavy atom. The molecule has 0 aliphatic carbocycles. The molecule has 0 radical (unpaired) electrons. The number of hydrogen-bond donors (Lipinski definition) is 1. The van der Waals surface area contributed by atoms with Gasteiger partial charge in [-0.1, -0.05) is 66.2 Å². The summed E-state index contributed by atoms with van der Waals surface area (Å²) in [6.07, 6.45) is 3.55. The zero-order valence-corrected chi connectivity index (χ0v) is 20.4. The molecule has 6 heteroatoms. The van der Waals surface area contributed by atoms with E-state index in [1.807, 2.05) is 71.8 Å². The van der Waals surface area contributed by atoms with Gasteiger partial charge in [-0.25, -0.2) is 4.98 Å². The van der Waals surface area contributed by atoms with Gasteiger partial charge in [-0.15, -0.1) is 0 Å². The highest BCUT2D eigenvalue weighted by molar-refractivity contribution is 6.30. The van der Waals surface area contributed by atoms with Crippen molar-refractivity contribution in [3.63, 3.8) is 0 Å². The van der Waals surface area contributed by atoms with Crippen molar-refractivity contribution < 1.29 is 4.79 Å². The summed E-state index contributed by atoms with van der Waals surface area (Å²) < 4.78 is 0. The number of nitrogens with zero attached hydrogens (tertiary/aromatic N) is 3. The fraction of sp³-hybridized carbons (Fsp3) is 0.133. The Labute approximate surface area is 215 Å². The number of aromatic nitrogens is 2. The minimum Gasteiger partial charge on any atom is -0.364 e. The summed E-state index contributed by atoms with van der Waals surface area (Å²) in [6, 6.07) is 28.4. The number of nitrogens with one attached hydrogen (secondary N) is 1. The van der Waals surface area contributed by atoms with Crippen LogP contribution in [0.25, 0.3) is 21.9 Å². The molecule has 178 valence electrons. The predicted octanol–water partition coefficient (Wildman–Crippen LogP) is 6.55. The minimum atomic E-state index is 0.0503. The van der Waals surface area contributed by atoms with Crippen LogP contribution in [0.2, 0.25) is 5.02 Å². The van der Waals surface area contributed by atoms with Crippen molar-refractivity contribution in [1.82, 2.24) is 14.9 Å². The molecule has 1 aliphatic rings. The van der Waals surface area contributed by atoms with Crippen LogP contribution in [0.1, 0.15) is 21.6 Å². The number of aromatic amines is 1. The largest absolute Gasteiger partial charge is 0.364 e. The average molecular weight is 493 g/mol. The Kier molecular flexibility index (Phi) is 5.91. The maximum absolute atomic E-state index is 13.9. The topological polar surface area (TPSA) is 52.2 Å². The lowest BCUT2D eigenvalue weighted by atomic mass is 10.0. The van der Waals surface area contributed by atoms with E-state index in [2.05, 4.69) is 39.1 Å². The maximum Gasteiger partial charge on any atom is 0.254 e. The van der Waals surface area contributed by atoms with Crippen LogP contribution in [0, 0.1) is 0 Å². The van der Waals surface area contributed by atoms with Gasteiger partial charge in [0.15, 0.2) is 0 Å². The lowest BCUT2D eigenvalue weighted by Gasteiger charge is -2.24. The van der Waals surface area contributed by atoms with Gasteiger partial charge in [-0.3, -0.25) is 4.79 Å². The van der Waals surface area contributed by atoms with Crippen LogP contribution < -0.4 is 4.90 Å². The van der Waals surface area contributed by atoms with Gasteiger partial charge >= 0.3 is 0 Å². The lowest BCUT2D eigenvalue weighted by Crippen LogP contribution is -2.35. The third-order valence-corrected chi connectivity index (χ3v) is 7.04. The molecule has 5 aromatic rings. The molecule has 1 amide bonds. The molecular weight excluding hydrogens is 468 g/mol. The number of rotatable bonds is 4. The van der Waals surface area contributed by atoms with Crippen molar-refractivity contribution in [2.45, 2.75) is 13.1 Å². The molecule has 6 rings (SSSR count). The van der Waals surface area contributed by atoms with E-state index in [9.17, 15) is 4.79 Å². The molecule has 4 aromatic carbocycles. The molecule has 1 N–H and O–H groups in total. The van der Waals surface area contributed by atoms with Crippen molar-refractivity contribution in [2.75, 3.05) is 18.0 Å². The number of carbonyl (C=O) groups is 1. The average Bonchev–Trinajstić information content (AvgIpc) is 3.36. The summed E-state index contributed by atoms with van der Waals surface area (Å²) >= 11 is 6.28. The predicted molar refractivity (Wildman–Crippen MR) is 145 cm³/mol. The third-order valence-electron chi connectivity index (χ3n) is 6.80. The quantitative estimate of drug-likeness (QED) is 0.309. The van der Waals surface area contributed by atoms with Crippen LogP contribution in [0.5, 0.6) is 0 Å². The van der Waals surface area contributed by atoms with Gasteiger partial charge in [0, 0.05) is 42.1 Å². The number of anilines is 1. The molecule has 36 heavy (non-hydrogen) atoms. The van der Waals surface area contributed by atoms with E-state index in [1.54, 1.807) is 6.33 Å². The summed E-state index contributed by atoms with van der Waals surface area (Å²) in [4.78, 5) is 25.6. The van der Waals surface area contributed by atoms with Gasteiger partial charge < -0.3 is 14.8 Å². The molecule has 2 heterocycles. The number of benzene rings is 4. The molecule has 0 saturated carbocycles. The SMILES string of the molecule is O=C(c1cccc2ccccc12)N1CCN(Cc2cnc[nH]2)c2ccc(-c3cccc(Cl)c3)cc2C1. The first-order chi connectivity index (χ1) is 17.7. The third kappa shape index (κ3) is 4.34. The van der Waals surface area contributed by atoms with Crippen LogP contribution in [0.3, 0.4) is 0 Å². The highest BCUT2D eigenvalue weighted by atomic mass is 35.5. The van der Waals surface area contributed by atoms with E-state index in [1.165, 1.54) is 0 Å². The summed E-state index contributed by atoms with van der Waals surface area (Å²) in [5.41, 5.74) is 6.15. The van der Waals surface area contributed by atoms with Gasteiger partial charge in [0.1, 0.15) is 0 Å². The Morgan fingerprint density at radius 1 is 0.917 bits per heavy atom.